The minimum Gasteiger partial charge on any atom is -0.488 e. The van der Waals surface area contributed by atoms with Crippen LogP contribution in [0.25, 0.3) is 0 Å². The lowest BCUT2D eigenvalue weighted by Gasteiger charge is -2.25. The van der Waals surface area contributed by atoms with Crippen molar-refractivity contribution in [2.75, 3.05) is 6.61 Å². The van der Waals surface area contributed by atoms with Crippen molar-refractivity contribution in [1.82, 2.24) is 0 Å². The van der Waals surface area contributed by atoms with Gasteiger partial charge in [-0.25, -0.2) is 0 Å². The Morgan fingerprint density at radius 3 is 2.64 bits per heavy atom. The van der Waals surface area contributed by atoms with Crippen LogP contribution < -0.4 is 4.74 Å². The third-order valence-corrected chi connectivity index (χ3v) is 5.02. The van der Waals surface area contributed by atoms with Crippen molar-refractivity contribution in [3.63, 3.8) is 0 Å². The fraction of sp³-hybridized carbons (Fsp3) is 0.294. The van der Waals surface area contributed by atoms with Crippen LogP contribution in [0.5, 0.6) is 5.75 Å². The van der Waals surface area contributed by atoms with Gasteiger partial charge in [-0.05, 0) is 43.5 Å². The Kier molecular flexibility index (Phi) is 4.18. The van der Waals surface area contributed by atoms with E-state index in [0.29, 0.717) is 0 Å². The summed E-state index contributed by atoms with van der Waals surface area (Å²) in [6.45, 7) is 1.94. The van der Waals surface area contributed by atoms with Gasteiger partial charge in [-0.2, -0.15) is 8.42 Å². The number of hydrogen-bond acceptors (Lipinski definition) is 4. The monoisotopic (exact) mass is 318 g/mol. The molecule has 0 saturated carbocycles. The third-order valence-electron chi connectivity index (χ3n) is 3.72. The number of aryl methyl sites for hydroxylation is 2. The summed E-state index contributed by atoms with van der Waals surface area (Å²) < 4.78 is 35.3. The van der Waals surface area contributed by atoms with Crippen LogP contribution in [0.4, 0.5) is 0 Å². The lowest BCUT2D eigenvalue weighted by atomic mass is 10.0. The minimum absolute atomic E-state index is 0.0323. The highest BCUT2D eigenvalue weighted by Crippen LogP contribution is 2.27. The Bertz CT molecular complexity index is 750. The number of fused-ring (bicyclic) bond motifs is 1. The van der Waals surface area contributed by atoms with E-state index in [2.05, 4.69) is 0 Å². The van der Waals surface area contributed by atoms with Crippen molar-refractivity contribution >= 4 is 10.1 Å². The molecule has 0 saturated heterocycles. The number of benzene rings is 2. The molecular weight excluding hydrogens is 300 g/mol. The highest BCUT2D eigenvalue weighted by atomic mass is 32.2. The highest BCUT2D eigenvalue weighted by molar-refractivity contribution is 7.86. The normalized spacial score (nSPS) is 17.6. The molecule has 1 aliphatic rings. The second-order valence-electron chi connectivity index (χ2n) is 5.44. The predicted molar refractivity (Wildman–Crippen MR) is 83.5 cm³/mol. The molecule has 0 amide bonds. The quantitative estimate of drug-likeness (QED) is 0.813. The average Bonchev–Trinajstić information content (AvgIpc) is 2.53. The van der Waals surface area contributed by atoms with Gasteiger partial charge in [0.25, 0.3) is 10.1 Å². The molecular formula is C17H18O4S. The fourth-order valence-corrected chi connectivity index (χ4v) is 3.37. The van der Waals surface area contributed by atoms with E-state index in [1.807, 2.05) is 31.2 Å². The third kappa shape index (κ3) is 3.31. The molecule has 0 spiro atoms. The summed E-state index contributed by atoms with van der Waals surface area (Å²) in [5.74, 6) is 0.815. The van der Waals surface area contributed by atoms with Gasteiger partial charge >= 0.3 is 0 Å². The molecule has 1 atom stereocenters. The van der Waals surface area contributed by atoms with Crippen LogP contribution in [0.3, 0.4) is 0 Å². The smallest absolute Gasteiger partial charge is 0.297 e. The van der Waals surface area contributed by atoms with Gasteiger partial charge in [0.05, 0.1) is 4.90 Å². The van der Waals surface area contributed by atoms with Gasteiger partial charge in [0.15, 0.2) is 0 Å². The molecule has 0 N–H and O–H groups in total. The number of para-hydroxylation sites is 1. The van der Waals surface area contributed by atoms with Crippen LogP contribution >= 0.6 is 0 Å². The fourth-order valence-electron chi connectivity index (χ4n) is 2.44. The highest BCUT2D eigenvalue weighted by Gasteiger charge is 2.23. The number of ether oxygens (including phenoxy) is 1. The van der Waals surface area contributed by atoms with Crippen molar-refractivity contribution in [2.45, 2.75) is 30.8 Å². The summed E-state index contributed by atoms with van der Waals surface area (Å²) in [4.78, 5) is 0.175. The first-order valence-corrected chi connectivity index (χ1v) is 8.66. The maximum absolute atomic E-state index is 12.2. The van der Waals surface area contributed by atoms with Crippen LogP contribution in [0.15, 0.2) is 53.4 Å². The minimum atomic E-state index is -3.73. The van der Waals surface area contributed by atoms with Gasteiger partial charge in [0, 0.05) is 0 Å². The summed E-state index contributed by atoms with van der Waals surface area (Å²) in [5, 5.41) is 0. The van der Waals surface area contributed by atoms with Crippen molar-refractivity contribution in [3.05, 3.63) is 59.7 Å². The molecule has 0 aromatic heterocycles. The molecule has 4 nitrogen and oxygen atoms in total. The van der Waals surface area contributed by atoms with Crippen LogP contribution in [0.2, 0.25) is 0 Å². The van der Waals surface area contributed by atoms with Crippen LogP contribution in [0, 0.1) is 6.92 Å². The Morgan fingerprint density at radius 1 is 1.14 bits per heavy atom. The molecule has 5 heteroatoms. The molecule has 2 aromatic carbocycles. The van der Waals surface area contributed by atoms with Crippen molar-refractivity contribution in [2.24, 2.45) is 0 Å². The zero-order chi connectivity index (χ0) is 15.6. The van der Waals surface area contributed by atoms with E-state index >= 15 is 0 Å². The van der Waals surface area contributed by atoms with Crippen molar-refractivity contribution in [3.8, 4) is 5.75 Å². The van der Waals surface area contributed by atoms with E-state index < -0.39 is 10.1 Å². The molecule has 0 radical (unpaired) electrons. The van der Waals surface area contributed by atoms with Crippen LogP contribution in [-0.4, -0.2) is 21.1 Å². The first kappa shape index (κ1) is 15.1. The van der Waals surface area contributed by atoms with Gasteiger partial charge in [-0.3, -0.25) is 4.18 Å². The molecule has 2 aromatic rings. The first-order valence-electron chi connectivity index (χ1n) is 7.25. The van der Waals surface area contributed by atoms with E-state index in [0.717, 1.165) is 29.7 Å². The summed E-state index contributed by atoms with van der Waals surface area (Å²) in [6, 6.07) is 14.4. The molecule has 0 bridgehead atoms. The van der Waals surface area contributed by atoms with E-state index in [4.69, 9.17) is 8.92 Å². The molecule has 116 valence electrons. The molecule has 22 heavy (non-hydrogen) atoms. The van der Waals surface area contributed by atoms with Crippen LogP contribution in [-0.2, 0) is 20.7 Å². The molecule has 1 aliphatic heterocycles. The summed E-state index contributed by atoms with van der Waals surface area (Å²) in [7, 11) is -3.73. The standard InChI is InChI=1S/C17H18O4S/c1-13-6-10-16(11-7-13)22(18,19)20-12-15-9-8-14-4-2-3-5-17(14)21-15/h2-7,10-11,15H,8-9,12H2,1H3/t15-/m1/s1. The molecule has 3 rings (SSSR count). The zero-order valence-electron chi connectivity index (χ0n) is 12.4. The average molecular weight is 318 g/mol. The van der Waals surface area contributed by atoms with Crippen molar-refractivity contribution < 1.29 is 17.3 Å². The van der Waals surface area contributed by atoms with Gasteiger partial charge in [0.2, 0.25) is 0 Å². The Morgan fingerprint density at radius 2 is 1.86 bits per heavy atom. The summed E-state index contributed by atoms with van der Waals surface area (Å²) >= 11 is 0. The predicted octanol–water partition coefficient (Wildman–Crippen LogP) is 3.09. The summed E-state index contributed by atoms with van der Waals surface area (Å²) in [6.07, 6.45) is 1.38. The first-order chi connectivity index (χ1) is 10.5. The van der Waals surface area contributed by atoms with E-state index in [-0.39, 0.29) is 17.6 Å². The Balaban J connectivity index is 1.64. The Labute approximate surface area is 130 Å². The molecule has 0 fully saturated rings. The number of hydrogen-bond donors (Lipinski definition) is 0. The number of rotatable bonds is 4. The molecule has 1 heterocycles. The SMILES string of the molecule is Cc1ccc(S(=O)(=O)OC[C@H]2CCc3ccccc3O2)cc1. The lowest BCUT2D eigenvalue weighted by Crippen LogP contribution is -2.29. The van der Waals surface area contributed by atoms with Gasteiger partial charge in [-0.1, -0.05) is 35.9 Å². The zero-order valence-corrected chi connectivity index (χ0v) is 13.2. The van der Waals surface area contributed by atoms with Gasteiger partial charge < -0.3 is 4.74 Å². The van der Waals surface area contributed by atoms with Gasteiger partial charge in [0.1, 0.15) is 18.5 Å². The maximum atomic E-state index is 12.2. The second-order valence-corrected chi connectivity index (χ2v) is 7.05. The van der Waals surface area contributed by atoms with Crippen LogP contribution in [0.1, 0.15) is 17.5 Å². The summed E-state index contributed by atoms with van der Waals surface area (Å²) in [5.41, 5.74) is 2.16. The Hall–Kier alpha value is -1.85. The lowest BCUT2D eigenvalue weighted by molar-refractivity contribution is 0.112. The molecule has 0 aliphatic carbocycles. The van der Waals surface area contributed by atoms with Gasteiger partial charge in [-0.15, -0.1) is 0 Å². The topological polar surface area (TPSA) is 52.6 Å². The van der Waals surface area contributed by atoms with E-state index in [1.165, 1.54) is 0 Å². The van der Waals surface area contributed by atoms with E-state index in [1.54, 1.807) is 24.3 Å². The van der Waals surface area contributed by atoms with E-state index in [9.17, 15) is 8.42 Å². The largest absolute Gasteiger partial charge is 0.488 e. The second kappa shape index (κ2) is 6.10. The maximum Gasteiger partial charge on any atom is 0.297 e. The molecule has 0 unspecified atom stereocenters. The van der Waals surface area contributed by atoms with Crippen molar-refractivity contribution in [1.29, 1.82) is 0 Å².